The molecule has 1 aromatic heterocycles. The van der Waals surface area contributed by atoms with Crippen LogP contribution < -0.4 is 29.6 Å². The van der Waals surface area contributed by atoms with Gasteiger partial charge in [-0.25, -0.2) is 4.98 Å². The summed E-state index contributed by atoms with van der Waals surface area (Å²) in [5.41, 5.74) is 0.811. The molecule has 0 radical (unpaired) electrons. The number of aromatic hydroxyl groups is 1. The Morgan fingerprint density at radius 2 is 1.72 bits per heavy atom. The molecule has 32 heavy (non-hydrogen) atoms. The molecule has 2 aromatic carbocycles. The number of rotatable bonds is 8. The molecule has 3 aromatic rings. The average Bonchev–Trinajstić information content (AvgIpc) is 2.80. The van der Waals surface area contributed by atoms with Crippen LogP contribution in [0.1, 0.15) is 10.4 Å². The monoisotopic (exact) mass is 504 g/mol. The molecule has 0 bridgehead atoms. The van der Waals surface area contributed by atoms with Crippen LogP contribution in [-0.2, 0) is 0 Å². The fraction of sp³-hybridized carbons (Fsp3) is 0.190. The van der Waals surface area contributed by atoms with E-state index in [1.165, 1.54) is 52.8 Å². The summed E-state index contributed by atoms with van der Waals surface area (Å²) in [6, 6.07) is 7.57. The molecule has 3 N–H and O–H groups in total. The molecular weight excluding hydrogens is 484 g/mol. The van der Waals surface area contributed by atoms with Crippen molar-refractivity contribution in [2.24, 2.45) is 0 Å². The summed E-state index contributed by atoms with van der Waals surface area (Å²) in [6.07, 6.45) is 1.49. The second-order valence-corrected chi connectivity index (χ2v) is 7.10. The third kappa shape index (κ3) is 4.94. The lowest BCUT2D eigenvalue weighted by atomic mass is 10.2. The van der Waals surface area contributed by atoms with Gasteiger partial charge in [0.05, 0.1) is 37.6 Å². The summed E-state index contributed by atoms with van der Waals surface area (Å²) >= 11 is 3.34. The van der Waals surface area contributed by atoms with Crippen LogP contribution in [0.15, 0.2) is 41.0 Å². The van der Waals surface area contributed by atoms with E-state index in [1.807, 2.05) is 0 Å². The number of methoxy groups -OCH3 is 3. The molecule has 1 amide bonds. The van der Waals surface area contributed by atoms with Crippen molar-refractivity contribution < 1.29 is 28.8 Å². The molecule has 0 fully saturated rings. The molecule has 0 aliphatic heterocycles. The maximum Gasteiger partial charge on any atom is 0.254 e. The Labute approximate surface area is 192 Å². The lowest BCUT2D eigenvalue weighted by molar-refractivity contribution is 0.0960. The number of benzene rings is 2. The van der Waals surface area contributed by atoms with Gasteiger partial charge in [0.25, 0.3) is 5.91 Å². The van der Waals surface area contributed by atoms with Crippen LogP contribution in [0.25, 0.3) is 0 Å². The number of phenolic OH excluding ortho intramolecular Hbond substituents is 1. The molecule has 3 rings (SSSR count). The molecular formula is C21H21BrN4O6. The first-order valence-electron chi connectivity index (χ1n) is 9.22. The van der Waals surface area contributed by atoms with E-state index in [2.05, 4.69) is 36.5 Å². The van der Waals surface area contributed by atoms with Crippen LogP contribution in [0.3, 0.4) is 0 Å². The normalized spacial score (nSPS) is 10.3. The molecule has 1 heterocycles. The summed E-state index contributed by atoms with van der Waals surface area (Å²) in [6.45, 7) is 0. The van der Waals surface area contributed by atoms with E-state index in [0.717, 1.165) is 0 Å². The van der Waals surface area contributed by atoms with Crippen molar-refractivity contribution in [3.8, 4) is 34.6 Å². The first-order chi connectivity index (χ1) is 15.4. The highest BCUT2D eigenvalue weighted by Gasteiger charge is 2.17. The Bertz CT molecular complexity index is 1120. The van der Waals surface area contributed by atoms with Crippen LogP contribution in [0, 0.1) is 0 Å². The van der Waals surface area contributed by atoms with Crippen molar-refractivity contribution in [2.45, 2.75) is 0 Å². The number of amides is 1. The number of hydrogen-bond acceptors (Lipinski definition) is 9. The quantitative estimate of drug-likeness (QED) is 0.419. The number of carbonyl (C=O) groups excluding carboxylic acids is 1. The molecule has 11 heteroatoms. The summed E-state index contributed by atoms with van der Waals surface area (Å²) < 4.78 is 22.3. The Kier molecular flexibility index (Phi) is 7.21. The molecule has 0 unspecified atom stereocenters. The summed E-state index contributed by atoms with van der Waals surface area (Å²) in [4.78, 5) is 20.7. The molecule has 0 spiro atoms. The first-order valence-corrected chi connectivity index (χ1v) is 10.0. The lowest BCUT2D eigenvalue weighted by Gasteiger charge is -2.15. The maximum absolute atomic E-state index is 12.1. The first kappa shape index (κ1) is 22.9. The zero-order valence-corrected chi connectivity index (χ0v) is 19.3. The van der Waals surface area contributed by atoms with Crippen LogP contribution >= 0.6 is 15.9 Å². The van der Waals surface area contributed by atoms with Gasteiger partial charge in [0.2, 0.25) is 17.6 Å². The second kappa shape index (κ2) is 10.1. The number of phenols is 1. The fourth-order valence-electron chi connectivity index (χ4n) is 2.79. The van der Waals surface area contributed by atoms with Gasteiger partial charge in [-0.3, -0.25) is 4.79 Å². The van der Waals surface area contributed by atoms with Gasteiger partial charge in [-0.05, 0) is 28.1 Å². The zero-order valence-electron chi connectivity index (χ0n) is 17.7. The number of anilines is 2. The third-order valence-electron chi connectivity index (χ3n) is 4.28. The van der Waals surface area contributed by atoms with Crippen LogP contribution in [0.5, 0.6) is 34.6 Å². The van der Waals surface area contributed by atoms with Crippen LogP contribution in [0.4, 0.5) is 11.6 Å². The smallest absolute Gasteiger partial charge is 0.254 e. The standard InChI is InChI=1S/C21H21BrN4O6/c1-23-19(28)13-6-5-12(27)9-15(13)32-20-14(22)10-24-21(26-20)25-11-7-16(29-2)18(31-4)17(8-11)30-3/h5-10,27H,1-4H3,(H,23,28)(H,24,25,26). The number of aromatic nitrogens is 2. The Hall–Kier alpha value is -3.73. The molecule has 0 saturated carbocycles. The van der Waals surface area contributed by atoms with Gasteiger partial charge >= 0.3 is 0 Å². The molecule has 0 aliphatic carbocycles. The van der Waals surface area contributed by atoms with Crippen molar-refractivity contribution >= 4 is 33.5 Å². The third-order valence-corrected chi connectivity index (χ3v) is 4.82. The van der Waals surface area contributed by atoms with E-state index < -0.39 is 0 Å². The molecule has 0 saturated heterocycles. The van der Waals surface area contributed by atoms with Gasteiger partial charge in [-0.2, -0.15) is 4.98 Å². The van der Waals surface area contributed by atoms with Gasteiger partial charge in [-0.15, -0.1) is 0 Å². The Morgan fingerprint density at radius 1 is 1.03 bits per heavy atom. The van der Waals surface area contributed by atoms with E-state index in [9.17, 15) is 9.90 Å². The number of nitrogens with one attached hydrogen (secondary N) is 2. The Balaban J connectivity index is 1.94. The zero-order chi connectivity index (χ0) is 23.3. The van der Waals surface area contributed by atoms with Gasteiger partial charge < -0.3 is 34.7 Å². The van der Waals surface area contributed by atoms with Gasteiger partial charge in [0, 0.05) is 30.9 Å². The minimum Gasteiger partial charge on any atom is -0.508 e. The summed E-state index contributed by atoms with van der Waals surface area (Å²) in [5.74, 6) is 1.39. The van der Waals surface area contributed by atoms with E-state index in [1.54, 1.807) is 12.1 Å². The SMILES string of the molecule is CNC(=O)c1ccc(O)cc1Oc1nc(Nc2cc(OC)c(OC)c(OC)c2)ncc1Br. The predicted octanol–water partition coefficient (Wildman–Crippen LogP) is 3.87. The summed E-state index contributed by atoms with van der Waals surface area (Å²) in [7, 11) is 6.05. The highest BCUT2D eigenvalue weighted by atomic mass is 79.9. The largest absolute Gasteiger partial charge is 0.508 e. The lowest BCUT2D eigenvalue weighted by Crippen LogP contribution is -2.18. The van der Waals surface area contributed by atoms with Crippen molar-refractivity contribution in [3.63, 3.8) is 0 Å². The maximum atomic E-state index is 12.1. The van der Waals surface area contributed by atoms with Crippen molar-refractivity contribution in [3.05, 3.63) is 46.6 Å². The molecule has 10 nitrogen and oxygen atoms in total. The highest BCUT2D eigenvalue weighted by Crippen LogP contribution is 2.40. The van der Waals surface area contributed by atoms with Crippen molar-refractivity contribution in [2.75, 3.05) is 33.7 Å². The van der Waals surface area contributed by atoms with E-state index in [4.69, 9.17) is 18.9 Å². The van der Waals surface area contributed by atoms with Gasteiger partial charge in [0.15, 0.2) is 11.5 Å². The average molecular weight is 505 g/mol. The Morgan fingerprint density at radius 3 is 2.31 bits per heavy atom. The van der Waals surface area contributed by atoms with E-state index in [-0.39, 0.29) is 34.8 Å². The number of ether oxygens (including phenoxy) is 4. The minimum absolute atomic E-state index is 0.0615. The summed E-state index contributed by atoms with van der Waals surface area (Å²) in [5, 5.41) is 15.4. The van der Waals surface area contributed by atoms with Gasteiger partial charge in [0.1, 0.15) is 11.5 Å². The van der Waals surface area contributed by atoms with E-state index >= 15 is 0 Å². The van der Waals surface area contributed by atoms with E-state index in [0.29, 0.717) is 27.4 Å². The topological polar surface area (TPSA) is 124 Å². The second-order valence-electron chi connectivity index (χ2n) is 6.25. The minimum atomic E-state index is -0.374. The van der Waals surface area contributed by atoms with Crippen molar-refractivity contribution in [1.29, 1.82) is 0 Å². The molecule has 0 aliphatic rings. The van der Waals surface area contributed by atoms with Crippen LogP contribution in [-0.4, -0.2) is 49.4 Å². The molecule has 0 atom stereocenters. The fourth-order valence-corrected chi connectivity index (χ4v) is 3.06. The number of halogens is 1. The number of carbonyl (C=O) groups is 1. The predicted molar refractivity (Wildman–Crippen MR) is 121 cm³/mol. The van der Waals surface area contributed by atoms with Crippen LogP contribution in [0.2, 0.25) is 0 Å². The van der Waals surface area contributed by atoms with Crippen molar-refractivity contribution in [1.82, 2.24) is 15.3 Å². The number of nitrogens with zero attached hydrogens (tertiary/aromatic N) is 2. The van der Waals surface area contributed by atoms with Gasteiger partial charge in [-0.1, -0.05) is 0 Å². The molecule has 168 valence electrons. The number of hydrogen-bond donors (Lipinski definition) is 3. The highest BCUT2D eigenvalue weighted by molar-refractivity contribution is 9.10.